The summed E-state index contributed by atoms with van der Waals surface area (Å²) >= 11 is 1.36. The van der Waals surface area contributed by atoms with Gasteiger partial charge in [-0.1, -0.05) is 71.5 Å². The molecule has 0 aliphatic heterocycles. The van der Waals surface area contributed by atoms with Crippen molar-refractivity contribution in [2.45, 2.75) is 6.92 Å². The van der Waals surface area contributed by atoms with Crippen LogP contribution in [0.5, 0.6) is 0 Å². The number of benzene rings is 2. The first kappa shape index (κ1) is 13.8. The van der Waals surface area contributed by atoms with Crippen molar-refractivity contribution in [1.29, 1.82) is 0 Å². The van der Waals surface area contributed by atoms with Crippen LogP contribution in [0.25, 0.3) is 22.4 Å². The van der Waals surface area contributed by atoms with Gasteiger partial charge in [0.05, 0.1) is 4.53 Å². The molecule has 0 fully saturated rings. The van der Waals surface area contributed by atoms with Crippen molar-refractivity contribution in [3.63, 3.8) is 0 Å². The molecule has 2 aromatic carbocycles. The normalized spacial score (nSPS) is 12.1. The topological polar surface area (TPSA) is 47.3 Å². The molecule has 0 amide bonds. The Balaban J connectivity index is 1.82. The molecule has 0 saturated carbocycles. The summed E-state index contributed by atoms with van der Waals surface area (Å²) < 4.78 is 2.02. The van der Waals surface area contributed by atoms with Crippen molar-refractivity contribution in [2.75, 3.05) is 0 Å². The summed E-state index contributed by atoms with van der Waals surface area (Å²) in [6, 6.07) is 17.7. The third-order valence-corrected chi connectivity index (χ3v) is 4.55. The Morgan fingerprint density at radius 1 is 1.04 bits per heavy atom. The first-order valence-electron chi connectivity index (χ1n) is 7.24. The Morgan fingerprint density at radius 2 is 1.78 bits per heavy atom. The third kappa shape index (κ3) is 2.55. The van der Waals surface area contributed by atoms with Gasteiger partial charge in [-0.25, -0.2) is 0 Å². The SMILES string of the molecule is Cc1ccc(-c2nc3s/c(=C/c4ccccc4)c(=O)n3n2)cc1. The van der Waals surface area contributed by atoms with Crippen LogP contribution in [0.2, 0.25) is 0 Å². The summed E-state index contributed by atoms with van der Waals surface area (Å²) in [6.45, 7) is 2.03. The van der Waals surface area contributed by atoms with E-state index in [0.29, 0.717) is 15.3 Å². The largest absolute Gasteiger partial charge is 0.291 e. The van der Waals surface area contributed by atoms with Crippen LogP contribution in [-0.4, -0.2) is 14.6 Å². The van der Waals surface area contributed by atoms with E-state index in [-0.39, 0.29) is 5.56 Å². The predicted octanol–water partition coefficient (Wildman–Crippen LogP) is 2.67. The number of hydrogen-bond acceptors (Lipinski definition) is 4. The lowest BCUT2D eigenvalue weighted by Crippen LogP contribution is -2.23. The second-order valence-corrected chi connectivity index (χ2v) is 6.33. The molecule has 0 unspecified atom stereocenters. The fourth-order valence-electron chi connectivity index (χ4n) is 2.36. The highest BCUT2D eigenvalue weighted by Gasteiger charge is 2.11. The van der Waals surface area contributed by atoms with Gasteiger partial charge in [0.25, 0.3) is 5.56 Å². The average Bonchev–Trinajstić information content (AvgIpc) is 3.10. The van der Waals surface area contributed by atoms with Gasteiger partial charge in [0.15, 0.2) is 5.82 Å². The van der Waals surface area contributed by atoms with Crippen molar-refractivity contribution in [2.24, 2.45) is 0 Å². The second kappa shape index (κ2) is 5.44. The van der Waals surface area contributed by atoms with Crippen LogP contribution in [0.1, 0.15) is 11.1 Å². The van der Waals surface area contributed by atoms with E-state index in [1.807, 2.05) is 67.6 Å². The molecule has 0 atom stereocenters. The lowest BCUT2D eigenvalue weighted by molar-refractivity contribution is 0.937. The Hall–Kier alpha value is -2.79. The zero-order valence-corrected chi connectivity index (χ0v) is 13.2. The van der Waals surface area contributed by atoms with E-state index in [4.69, 9.17) is 0 Å². The molecule has 0 radical (unpaired) electrons. The molecule has 4 nitrogen and oxygen atoms in total. The van der Waals surface area contributed by atoms with Crippen LogP contribution < -0.4 is 10.1 Å². The fraction of sp³-hybridized carbons (Fsp3) is 0.0556. The van der Waals surface area contributed by atoms with E-state index in [2.05, 4.69) is 10.1 Å². The van der Waals surface area contributed by atoms with Crippen LogP contribution in [0, 0.1) is 6.92 Å². The Labute approximate surface area is 136 Å². The van der Waals surface area contributed by atoms with Crippen molar-refractivity contribution >= 4 is 22.4 Å². The molecule has 2 heterocycles. The maximum absolute atomic E-state index is 12.5. The van der Waals surface area contributed by atoms with Crippen LogP contribution >= 0.6 is 11.3 Å². The minimum Gasteiger partial charge on any atom is -0.266 e. The number of aryl methyl sites for hydroxylation is 1. The lowest BCUT2D eigenvalue weighted by atomic mass is 10.1. The first-order chi connectivity index (χ1) is 11.2. The van der Waals surface area contributed by atoms with Gasteiger partial charge in [-0.2, -0.15) is 9.50 Å². The minimum absolute atomic E-state index is 0.125. The van der Waals surface area contributed by atoms with Crippen molar-refractivity contribution in [1.82, 2.24) is 14.6 Å². The van der Waals surface area contributed by atoms with Gasteiger partial charge in [0.2, 0.25) is 4.96 Å². The maximum atomic E-state index is 12.5. The van der Waals surface area contributed by atoms with Crippen molar-refractivity contribution in [3.8, 4) is 11.4 Å². The Morgan fingerprint density at radius 3 is 2.48 bits per heavy atom. The summed E-state index contributed by atoms with van der Waals surface area (Å²) in [4.78, 5) is 17.6. The van der Waals surface area contributed by atoms with Crippen LogP contribution in [-0.2, 0) is 0 Å². The first-order valence-corrected chi connectivity index (χ1v) is 8.06. The van der Waals surface area contributed by atoms with E-state index < -0.39 is 0 Å². The smallest absolute Gasteiger partial charge is 0.266 e. The molecule has 4 aromatic rings. The molecule has 23 heavy (non-hydrogen) atoms. The van der Waals surface area contributed by atoms with Crippen LogP contribution in [0.15, 0.2) is 59.4 Å². The number of rotatable bonds is 2. The van der Waals surface area contributed by atoms with Gasteiger partial charge in [-0.3, -0.25) is 4.79 Å². The molecule has 0 N–H and O–H groups in total. The number of fused-ring (bicyclic) bond motifs is 1. The van der Waals surface area contributed by atoms with E-state index in [1.54, 1.807) is 0 Å². The highest BCUT2D eigenvalue weighted by molar-refractivity contribution is 7.15. The minimum atomic E-state index is -0.125. The summed E-state index contributed by atoms with van der Waals surface area (Å²) in [7, 11) is 0. The second-order valence-electron chi connectivity index (χ2n) is 5.32. The standard InChI is InChI=1S/C18H13N3OS/c1-12-7-9-14(10-8-12)16-19-18-21(20-16)17(22)15(23-18)11-13-5-3-2-4-6-13/h2-11H,1H3/b15-11+. The summed E-state index contributed by atoms with van der Waals surface area (Å²) in [6.07, 6.45) is 1.87. The highest BCUT2D eigenvalue weighted by atomic mass is 32.1. The molecule has 0 aliphatic rings. The predicted molar refractivity (Wildman–Crippen MR) is 92.5 cm³/mol. The van der Waals surface area contributed by atoms with Gasteiger partial charge in [0.1, 0.15) is 0 Å². The lowest BCUT2D eigenvalue weighted by Gasteiger charge is -1.95. The fourth-order valence-corrected chi connectivity index (χ4v) is 3.27. The van der Waals surface area contributed by atoms with E-state index in [9.17, 15) is 4.79 Å². The summed E-state index contributed by atoms with van der Waals surface area (Å²) in [5, 5.41) is 4.36. The van der Waals surface area contributed by atoms with Gasteiger partial charge in [-0.05, 0) is 18.6 Å². The van der Waals surface area contributed by atoms with Crippen molar-refractivity contribution in [3.05, 3.63) is 80.6 Å². The Kier molecular flexibility index (Phi) is 3.28. The molecule has 2 aromatic heterocycles. The van der Waals surface area contributed by atoms with Gasteiger partial charge in [0, 0.05) is 5.56 Å². The number of aromatic nitrogens is 3. The third-order valence-electron chi connectivity index (χ3n) is 3.59. The zero-order chi connectivity index (χ0) is 15.8. The van der Waals surface area contributed by atoms with E-state index >= 15 is 0 Å². The highest BCUT2D eigenvalue weighted by Crippen LogP contribution is 2.17. The summed E-state index contributed by atoms with van der Waals surface area (Å²) in [5.74, 6) is 0.583. The van der Waals surface area contributed by atoms with Crippen molar-refractivity contribution < 1.29 is 0 Å². The molecule has 0 saturated heterocycles. The quantitative estimate of drug-likeness (QED) is 0.571. The van der Waals surface area contributed by atoms with E-state index in [0.717, 1.165) is 11.1 Å². The molecule has 0 aliphatic carbocycles. The maximum Gasteiger partial charge on any atom is 0.291 e. The monoisotopic (exact) mass is 319 g/mol. The Bertz CT molecular complexity index is 1080. The zero-order valence-electron chi connectivity index (χ0n) is 12.4. The molecule has 0 spiro atoms. The molecular weight excluding hydrogens is 306 g/mol. The van der Waals surface area contributed by atoms with Crippen LogP contribution in [0.3, 0.4) is 0 Å². The molecule has 0 bridgehead atoms. The molecule has 4 rings (SSSR count). The number of nitrogens with zero attached hydrogens (tertiary/aromatic N) is 3. The molecular formula is C18H13N3OS. The summed E-state index contributed by atoms with van der Waals surface area (Å²) in [5.41, 5.74) is 2.96. The van der Waals surface area contributed by atoms with Crippen LogP contribution in [0.4, 0.5) is 0 Å². The number of thiazole rings is 1. The van der Waals surface area contributed by atoms with E-state index in [1.165, 1.54) is 21.4 Å². The molecule has 5 heteroatoms. The van der Waals surface area contributed by atoms with Gasteiger partial charge < -0.3 is 0 Å². The average molecular weight is 319 g/mol. The van der Waals surface area contributed by atoms with Gasteiger partial charge >= 0.3 is 0 Å². The van der Waals surface area contributed by atoms with Gasteiger partial charge in [-0.15, -0.1) is 5.10 Å². The molecule has 112 valence electrons. The number of hydrogen-bond donors (Lipinski definition) is 0.